The number of hydrogen-bond donors (Lipinski definition) is 3. The number of aromatic nitrogens is 3. The molecular weight excluding hydrogens is 506 g/mol. The maximum absolute atomic E-state index is 15.0. The van der Waals surface area contributed by atoms with Crippen LogP contribution in [0.15, 0.2) is 64.2 Å². The molecule has 2 unspecified atom stereocenters. The van der Waals surface area contributed by atoms with E-state index < -0.39 is 30.0 Å². The number of halogens is 2. The third-order valence-corrected chi connectivity index (χ3v) is 7.36. The molecule has 0 amide bonds. The van der Waals surface area contributed by atoms with Crippen molar-refractivity contribution in [1.82, 2.24) is 19.2 Å². The number of fused-ring (bicyclic) bond motifs is 6. The summed E-state index contributed by atoms with van der Waals surface area (Å²) >= 11 is 0. The molecule has 0 saturated carbocycles. The second-order valence-corrected chi connectivity index (χ2v) is 10.1. The van der Waals surface area contributed by atoms with Gasteiger partial charge in [0.1, 0.15) is 17.1 Å². The smallest absolute Gasteiger partial charge is 0.278 e. The van der Waals surface area contributed by atoms with Crippen molar-refractivity contribution in [2.75, 3.05) is 48.8 Å². The van der Waals surface area contributed by atoms with Crippen molar-refractivity contribution in [1.29, 1.82) is 0 Å². The monoisotopic (exact) mass is 536 g/mol. The third kappa shape index (κ3) is 4.92. The lowest BCUT2D eigenvalue weighted by atomic mass is 10.1. The highest BCUT2D eigenvalue weighted by Crippen LogP contribution is 2.31. The first kappa shape index (κ1) is 25.3. The zero-order valence-electron chi connectivity index (χ0n) is 21.5. The van der Waals surface area contributed by atoms with Crippen LogP contribution < -0.4 is 21.1 Å². The average molecular weight is 537 g/mol. The zero-order chi connectivity index (χ0) is 27.1. The molecule has 0 spiro atoms. The summed E-state index contributed by atoms with van der Waals surface area (Å²) in [6.45, 7) is 3.90. The number of piperazine rings is 1. The summed E-state index contributed by atoms with van der Waals surface area (Å²) in [6.07, 6.45) is 1.25. The Morgan fingerprint density at radius 2 is 1.90 bits per heavy atom. The van der Waals surface area contributed by atoms with Gasteiger partial charge in [0.25, 0.3) is 5.56 Å². The number of aliphatic imine (C=N–C) groups is 1. The van der Waals surface area contributed by atoms with Gasteiger partial charge in [0.15, 0.2) is 12.1 Å². The molecule has 3 aliphatic heterocycles. The molecule has 1 saturated heterocycles. The van der Waals surface area contributed by atoms with Crippen LogP contribution in [0.4, 0.5) is 26.0 Å². The van der Waals surface area contributed by atoms with Gasteiger partial charge in [-0.05, 0) is 49.5 Å². The van der Waals surface area contributed by atoms with E-state index in [-0.39, 0.29) is 30.0 Å². The number of allylic oxidation sites excluding steroid dienone is 2. The van der Waals surface area contributed by atoms with E-state index in [1.165, 1.54) is 27.7 Å². The number of alkyl halides is 1. The molecule has 12 heteroatoms. The van der Waals surface area contributed by atoms with Crippen molar-refractivity contribution < 1.29 is 13.9 Å². The number of anilines is 3. The van der Waals surface area contributed by atoms with Crippen LogP contribution in [-0.4, -0.2) is 70.1 Å². The number of rotatable bonds is 3. The first-order valence-electron chi connectivity index (χ1n) is 13.0. The second-order valence-electron chi connectivity index (χ2n) is 10.1. The van der Waals surface area contributed by atoms with Crippen LogP contribution in [0.5, 0.6) is 0 Å². The molecule has 2 bridgehead atoms. The topological polar surface area (TPSA) is 103 Å². The van der Waals surface area contributed by atoms with E-state index in [4.69, 9.17) is 0 Å². The molecule has 3 aliphatic rings. The first-order valence-corrected chi connectivity index (χ1v) is 13.0. The predicted molar refractivity (Wildman–Crippen MR) is 146 cm³/mol. The number of aliphatic hydroxyl groups is 1. The predicted octanol–water partition coefficient (Wildman–Crippen LogP) is 2.79. The van der Waals surface area contributed by atoms with Gasteiger partial charge in [-0.2, -0.15) is 0 Å². The van der Waals surface area contributed by atoms with Crippen LogP contribution in [0, 0.1) is 0 Å². The fourth-order valence-corrected chi connectivity index (χ4v) is 5.06. The van der Waals surface area contributed by atoms with Crippen LogP contribution in [0.1, 0.15) is 24.1 Å². The lowest BCUT2D eigenvalue weighted by Crippen LogP contribution is -2.44. The zero-order valence-corrected chi connectivity index (χ0v) is 21.5. The maximum atomic E-state index is 15.0. The molecule has 204 valence electrons. The Kier molecular flexibility index (Phi) is 6.43. The highest BCUT2D eigenvalue weighted by atomic mass is 19.2. The minimum absolute atomic E-state index is 0.102. The SMILES string of the molecule is CN1CCN(c2ccc(NC3N=Cc4c(n5n(c4=O)C/C=C(/F)CCC(O)(F)c4cccc-5n4)N3)cc2)CC1. The number of likely N-dealkylation sites (N-methyl/N-ethyl adjacent to an activating group) is 1. The van der Waals surface area contributed by atoms with Crippen LogP contribution in [-0.2, 0) is 12.4 Å². The van der Waals surface area contributed by atoms with Crippen LogP contribution in [0.3, 0.4) is 0 Å². The standard InChI is InChI=1S/C27H30F2N8O2/c1-34-13-15-35(16-14-34)20-7-5-19(6-8-20)31-26-30-17-21-24(33-26)37-23-4-2-3-22(32-23)27(29,39)11-9-18(28)10-12-36(37)25(21)38/h2-8,10,17,26,31,33,39H,9,11-16H2,1H3/b18-10+. The summed E-state index contributed by atoms with van der Waals surface area (Å²) in [5.41, 5.74) is 1.60. The van der Waals surface area contributed by atoms with Crippen molar-refractivity contribution in [2.24, 2.45) is 4.99 Å². The lowest BCUT2D eigenvalue weighted by Gasteiger charge is -2.34. The number of nitrogens with zero attached hydrogens (tertiary/aromatic N) is 6. The summed E-state index contributed by atoms with van der Waals surface area (Å²) in [7, 11) is 2.13. The minimum Gasteiger partial charge on any atom is -0.369 e. The van der Waals surface area contributed by atoms with E-state index in [0.717, 1.165) is 37.6 Å². The van der Waals surface area contributed by atoms with Gasteiger partial charge in [-0.25, -0.2) is 28.1 Å². The molecule has 10 nitrogen and oxygen atoms in total. The van der Waals surface area contributed by atoms with Gasteiger partial charge in [-0.15, -0.1) is 0 Å². The van der Waals surface area contributed by atoms with Crippen molar-refractivity contribution in [3.8, 4) is 5.82 Å². The van der Waals surface area contributed by atoms with Crippen molar-refractivity contribution in [3.63, 3.8) is 0 Å². The number of pyridine rings is 1. The molecule has 1 fully saturated rings. The first-order chi connectivity index (χ1) is 18.8. The second kappa shape index (κ2) is 9.93. The summed E-state index contributed by atoms with van der Waals surface area (Å²) in [5, 5.41) is 16.9. The Morgan fingerprint density at radius 1 is 1.13 bits per heavy atom. The Hall–Kier alpha value is -4.03. The molecule has 6 rings (SSSR count). The lowest BCUT2D eigenvalue weighted by molar-refractivity contribution is -0.106. The van der Waals surface area contributed by atoms with Gasteiger partial charge in [0.05, 0.1) is 12.4 Å². The molecule has 0 aliphatic carbocycles. The van der Waals surface area contributed by atoms with Crippen LogP contribution in [0.25, 0.3) is 5.82 Å². The maximum Gasteiger partial charge on any atom is 0.278 e. The van der Waals surface area contributed by atoms with E-state index in [2.05, 4.69) is 49.6 Å². The number of nitrogens with one attached hydrogen (secondary N) is 2. The number of hydrogen-bond acceptors (Lipinski definition) is 8. The van der Waals surface area contributed by atoms with Crippen molar-refractivity contribution >= 4 is 23.4 Å². The molecule has 1 aromatic carbocycles. The summed E-state index contributed by atoms with van der Waals surface area (Å²) in [4.78, 5) is 26.7. The summed E-state index contributed by atoms with van der Waals surface area (Å²) in [6, 6.07) is 12.6. The highest BCUT2D eigenvalue weighted by Gasteiger charge is 2.33. The van der Waals surface area contributed by atoms with Gasteiger partial charge in [-0.1, -0.05) is 6.07 Å². The van der Waals surface area contributed by atoms with E-state index >= 15 is 4.39 Å². The van der Waals surface area contributed by atoms with Crippen molar-refractivity contribution in [2.45, 2.75) is 31.5 Å². The van der Waals surface area contributed by atoms with Crippen LogP contribution >= 0.6 is 0 Å². The van der Waals surface area contributed by atoms with E-state index in [9.17, 15) is 14.3 Å². The Labute approximate surface area is 223 Å². The Balaban J connectivity index is 1.30. The molecule has 2 aromatic heterocycles. The summed E-state index contributed by atoms with van der Waals surface area (Å²) < 4.78 is 32.3. The minimum atomic E-state index is -2.82. The van der Waals surface area contributed by atoms with Gasteiger partial charge >= 0.3 is 0 Å². The molecule has 2 atom stereocenters. The molecule has 3 N–H and O–H groups in total. The van der Waals surface area contributed by atoms with Crippen molar-refractivity contribution in [3.05, 3.63) is 76.0 Å². The highest BCUT2D eigenvalue weighted by molar-refractivity contribution is 5.89. The average Bonchev–Trinajstić information content (AvgIpc) is 3.21. The van der Waals surface area contributed by atoms with Gasteiger partial charge in [0.2, 0.25) is 5.85 Å². The Morgan fingerprint density at radius 3 is 2.67 bits per heavy atom. The van der Waals surface area contributed by atoms with Crippen LogP contribution in [0.2, 0.25) is 0 Å². The molecule has 5 heterocycles. The molecule has 3 aromatic rings. The Bertz CT molecular complexity index is 1490. The summed E-state index contributed by atoms with van der Waals surface area (Å²) in [5.74, 6) is -2.86. The molecule has 0 radical (unpaired) electrons. The van der Waals surface area contributed by atoms with Gasteiger partial charge < -0.3 is 25.5 Å². The fourth-order valence-electron chi connectivity index (χ4n) is 5.06. The normalized spacial score (nSPS) is 24.6. The fraction of sp³-hybridized carbons (Fsp3) is 0.370. The van der Waals surface area contributed by atoms with E-state index in [0.29, 0.717) is 5.82 Å². The third-order valence-electron chi connectivity index (χ3n) is 7.36. The van der Waals surface area contributed by atoms with E-state index in [1.54, 1.807) is 12.1 Å². The largest absolute Gasteiger partial charge is 0.369 e. The molecule has 39 heavy (non-hydrogen) atoms. The quantitative estimate of drug-likeness (QED) is 0.473. The molecular formula is C27H30F2N8O2. The van der Waals surface area contributed by atoms with Gasteiger partial charge in [-0.3, -0.25) is 4.79 Å². The number of benzene rings is 1. The van der Waals surface area contributed by atoms with Gasteiger partial charge in [0, 0.05) is 56.6 Å². The van der Waals surface area contributed by atoms with E-state index in [1.807, 2.05) is 12.1 Å².